The summed E-state index contributed by atoms with van der Waals surface area (Å²) in [6, 6.07) is 0. The summed E-state index contributed by atoms with van der Waals surface area (Å²) in [4.78, 5) is 22.3. The molecule has 0 heterocycles. The van der Waals surface area contributed by atoms with Crippen molar-refractivity contribution in [2.75, 3.05) is 0 Å². The quantitative estimate of drug-likeness (QED) is 0.204. The van der Waals surface area contributed by atoms with Crippen molar-refractivity contribution in [2.24, 2.45) is 17.3 Å². The fourth-order valence-corrected chi connectivity index (χ4v) is 5.01. The molecule has 0 aromatic rings. The van der Waals surface area contributed by atoms with Crippen molar-refractivity contribution in [3.63, 3.8) is 0 Å². The van der Waals surface area contributed by atoms with Gasteiger partial charge in [-0.05, 0) is 43.4 Å². The summed E-state index contributed by atoms with van der Waals surface area (Å²) in [5, 5.41) is 18.3. The molecule has 1 rings (SSSR count). The van der Waals surface area contributed by atoms with Gasteiger partial charge in [-0.2, -0.15) is 0 Å². The minimum Gasteiger partial charge on any atom is -0.481 e. The molecule has 170 valence electrons. The van der Waals surface area contributed by atoms with Crippen molar-refractivity contribution in [1.82, 2.24) is 0 Å². The summed E-state index contributed by atoms with van der Waals surface area (Å²) in [7, 11) is 0. The van der Waals surface area contributed by atoms with E-state index in [9.17, 15) is 14.7 Å². The second kappa shape index (κ2) is 14.8. The summed E-state index contributed by atoms with van der Waals surface area (Å²) in [6.07, 6.45) is 20.5. The fourth-order valence-electron chi connectivity index (χ4n) is 5.01. The third-order valence-electron chi connectivity index (χ3n) is 7.11. The SMILES string of the molecule is CCCCCCCCCCC(C(C)C(=O)O)C1(CCCCCCCC(=O)O)CC1. The number of unbranched alkanes of at least 4 members (excludes halogenated alkanes) is 11. The van der Waals surface area contributed by atoms with E-state index in [1.165, 1.54) is 64.2 Å². The average molecular weight is 411 g/mol. The minimum absolute atomic E-state index is 0.238. The lowest BCUT2D eigenvalue weighted by atomic mass is 9.74. The largest absolute Gasteiger partial charge is 0.481 e. The topological polar surface area (TPSA) is 74.6 Å². The monoisotopic (exact) mass is 410 g/mol. The minimum atomic E-state index is -0.701. The predicted octanol–water partition coefficient (Wildman–Crippen LogP) is 7.45. The molecular weight excluding hydrogens is 364 g/mol. The molecule has 0 spiro atoms. The molecule has 0 amide bonds. The molecule has 0 radical (unpaired) electrons. The maximum absolute atomic E-state index is 11.7. The van der Waals surface area contributed by atoms with Gasteiger partial charge in [0.05, 0.1) is 5.92 Å². The molecule has 0 saturated heterocycles. The summed E-state index contributed by atoms with van der Waals surface area (Å²) >= 11 is 0. The molecule has 0 aromatic carbocycles. The van der Waals surface area contributed by atoms with Gasteiger partial charge in [-0.1, -0.05) is 90.9 Å². The van der Waals surface area contributed by atoms with Crippen molar-refractivity contribution in [3.05, 3.63) is 0 Å². The van der Waals surface area contributed by atoms with E-state index in [4.69, 9.17) is 5.11 Å². The Bertz CT molecular complexity index is 456. The summed E-state index contributed by atoms with van der Waals surface area (Å²) in [6.45, 7) is 4.17. The zero-order valence-electron chi connectivity index (χ0n) is 19.1. The van der Waals surface area contributed by atoms with E-state index >= 15 is 0 Å². The zero-order chi connectivity index (χ0) is 21.5. The average Bonchev–Trinajstić information content (AvgIpc) is 3.46. The molecule has 0 bridgehead atoms. The lowest BCUT2D eigenvalue weighted by Crippen LogP contribution is -2.29. The van der Waals surface area contributed by atoms with Crippen LogP contribution in [0.2, 0.25) is 0 Å². The Morgan fingerprint density at radius 2 is 1.31 bits per heavy atom. The van der Waals surface area contributed by atoms with Crippen LogP contribution in [0.1, 0.15) is 129 Å². The first-order chi connectivity index (χ1) is 13.9. The van der Waals surface area contributed by atoms with Crippen LogP contribution in [0.15, 0.2) is 0 Å². The van der Waals surface area contributed by atoms with Crippen molar-refractivity contribution < 1.29 is 19.8 Å². The van der Waals surface area contributed by atoms with E-state index in [1.54, 1.807) is 0 Å². The highest BCUT2D eigenvalue weighted by Gasteiger charge is 2.50. The molecule has 0 aromatic heterocycles. The standard InChI is InChI=1S/C25H46O4/c1-3-4-5-6-7-8-10-13-16-22(21(2)24(28)29)25(19-20-25)18-15-12-9-11-14-17-23(26)27/h21-22H,3-20H2,1-2H3,(H,26,27)(H,28,29). The molecule has 4 heteroatoms. The van der Waals surface area contributed by atoms with Crippen LogP contribution in [0.4, 0.5) is 0 Å². The van der Waals surface area contributed by atoms with Crippen LogP contribution < -0.4 is 0 Å². The van der Waals surface area contributed by atoms with Gasteiger partial charge in [-0.25, -0.2) is 0 Å². The number of hydrogen-bond donors (Lipinski definition) is 2. The highest BCUT2D eigenvalue weighted by molar-refractivity contribution is 5.70. The zero-order valence-corrected chi connectivity index (χ0v) is 19.1. The van der Waals surface area contributed by atoms with Gasteiger partial charge in [0.1, 0.15) is 0 Å². The Kier molecular flexibility index (Phi) is 13.3. The number of rotatable bonds is 20. The highest BCUT2D eigenvalue weighted by Crippen LogP contribution is 2.59. The summed E-state index contributed by atoms with van der Waals surface area (Å²) < 4.78 is 0. The van der Waals surface area contributed by atoms with E-state index in [0.29, 0.717) is 5.92 Å². The van der Waals surface area contributed by atoms with Crippen LogP contribution in [0.5, 0.6) is 0 Å². The van der Waals surface area contributed by atoms with E-state index in [-0.39, 0.29) is 17.8 Å². The molecular formula is C25H46O4. The fraction of sp³-hybridized carbons (Fsp3) is 0.920. The second-order valence-corrected chi connectivity index (χ2v) is 9.52. The van der Waals surface area contributed by atoms with Crippen LogP contribution in [0, 0.1) is 17.3 Å². The number of hydrogen-bond acceptors (Lipinski definition) is 2. The second-order valence-electron chi connectivity index (χ2n) is 9.52. The summed E-state index contributed by atoms with van der Waals surface area (Å²) in [5.74, 6) is -1.24. The Hall–Kier alpha value is -1.06. The van der Waals surface area contributed by atoms with E-state index < -0.39 is 11.9 Å². The van der Waals surface area contributed by atoms with Crippen LogP contribution in [0.25, 0.3) is 0 Å². The molecule has 1 fully saturated rings. The van der Waals surface area contributed by atoms with Crippen molar-refractivity contribution >= 4 is 11.9 Å². The van der Waals surface area contributed by atoms with Crippen LogP contribution in [-0.4, -0.2) is 22.2 Å². The third-order valence-corrected chi connectivity index (χ3v) is 7.11. The molecule has 29 heavy (non-hydrogen) atoms. The lowest BCUT2D eigenvalue weighted by Gasteiger charge is -2.30. The normalized spacial score (nSPS) is 17.0. The maximum atomic E-state index is 11.7. The molecule has 2 atom stereocenters. The molecule has 1 saturated carbocycles. The predicted molar refractivity (Wildman–Crippen MR) is 119 cm³/mol. The van der Waals surface area contributed by atoms with Crippen molar-refractivity contribution in [1.29, 1.82) is 0 Å². The Labute approximate surface area is 178 Å². The van der Waals surface area contributed by atoms with Crippen LogP contribution >= 0.6 is 0 Å². The van der Waals surface area contributed by atoms with Gasteiger partial charge in [0.15, 0.2) is 0 Å². The van der Waals surface area contributed by atoms with Gasteiger partial charge < -0.3 is 10.2 Å². The third kappa shape index (κ3) is 11.1. The highest BCUT2D eigenvalue weighted by atomic mass is 16.4. The number of carboxylic acid groups (broad SMARTS) is 2. The first kappa shape index (κ1) is 26.0. The van der Waals surface area contributed by atoms with Gasteiger partial charge in [0, 0.05) is 6.42 Å². The van der Waals surface area contributed by atoms with E-state index in [1.807, 2.05) is 6.92 Å². The first-order valence-electron chi connectivity index (χ1n) is 12.4. The Morgan fingerprint density at radius 1 is 0.793 bits per heavy atom. The lowest BCUT2D eigenvalue weighted by molar-refractivity contribution is -0.144. The van der Waals surface area contributed by atoms with Gasteiger partial charge in [-0.3, -0.25) is 9.59 Å². The Morgan fingerprint density at radius 3 is 1.83 bits per heavy atom. The van der Waals surface area contributed by atoms with Crippen molar-refractivity contribution in [2.45, 2.75) is 129 Å². The number of carbonyl (C=O) groups is 2. The van der Waals surface area contributed by atoms with Crippen molar-refractivity contribution in [3.8, 4) is 0 Å². The van der Waals surface area contributed by atoms with Gasteiger partial charge in [-0.15, -0.1) is 0 Å². The molecule has 4 nitrogen and oxygen atoms in total. The summed E-state index contributed by atoms with van der Waals surface area (Å²) in [5.41, 5.74) is 0.278. The van der Waals surface area contributed by atoms with Gasteiger partial charge in [0.25, 0.3) is 0 Å². The smallest absolute Gasteiger partial charge is 0.306 e. The molecule has 2 N–H and O–H groups in total. The molecule has 1 aliphatic rings. The molecule has 2 unspecified atom stereocenters. The number of carboxylic acids is 2. The van der Waals surface area contributed by atoms with Gasteiger partial charge >= 0.3 is 11.9 Å². The van der Waals surface area contributed by atoms with Crippen LogP contribution in [0.3, 0.4) is 0 Å². The molecule has 0 aliphatic heterocycles. The van der Waals surface area contributed by atoms with E-state index in [0.717, 1.165) is 44.9 Å². The van der Waals surface area contributed by atoms with Crippen LogP contribution in [-0.2, 0) is 9.59 Å². The molecule has 1 aliphatic carbocycles. The first-order valence-corrected chi connectivity index (χ1v) is 12.4. The Balaban J connectivity index is 2.31. The van der Waals surface area contributed by atoms with Gasteiger partial charge in [0.2, 0.25) is 0 Å². The maximum Gasteiger partial charge on any atom is 0.306 e. The van der Waals surface area contributed by atoms with E-state index in [2.05, 4.69) is 6.92 Å². The number of aliphatic carboxylic acids is 2.